The fraction of sp³-hybridized carbons (Fsp3) is 0.385. The molecular weight excluding hydrogens is 200 g/mol. The number of Topliss-reactive ketones (excluding diaryl/α,β-unsaturated/α-hetero) is 1. The van der Waals surface area contributed by atoms with Crippen molar-refractivity contribution in [2.24, 2.45) is 0 Å². The Kier molecular flexibility index (Phi) is 3.82. The summed E-state index contributed by atoms with van der Waals surface area (Å²) >= 11 is 0. The zero-order valence-electron chi connectivity index (χ0n) is 10.5. The summed E-state index contributed by atoms with van der Waals surface area (Å²) in [5.41, 5.74) is 3.45. The number of ketones is 1. The Labute approximate surface area is 96.8 Å². The molecule has 3 nitrogen and oxygen atoms in total. The number of nitrogens with zero attached hydrogens (tertiary/aromatic N) is 2. The molecule has 0 fully saturated rings. The van der Waals surface area contributed by atoms with Gasteiger partial charge in [0.15, 0.2) is 5.78 Å². The molecule has 1 aromatic rings. The van der Waals surface area contributed by atoms with E-state index in [0.717, 1.165) is 17.0 Å². The number of carbonyl (C=O) groups is 1. The van der Waals surface area contributed by atoms with Crippen molar-refractivity contribution in [2.75, 3.05) is 14.1 Å². The Balaban J connectivity index is 3.27. The molecule has 16 heavy (non-hydrogen) atoms. The van der Waals surface area contributed by atoms with Crippen molar-refractivity contribution in [3.63, 3.8) is 0 Å². The lowest BCUT2D eigenvalue weighted by molar-refractivity contribution is -0.111. The van der Waals surface area contributed by atoms with E-state index in [9.17, 15) is 4.79 Å². The lowest BCUT2D eigenvalue weighted by Gasteiger charge is -2.10. The lowest BCUT2D eigenvalue weighted by Crippen LogP contribution is -2.08. The van der Waals surface area contributed by atoms with Crippen LogP contribution >= 0.6 is 0 Å². The molecule has 0 amide bonds. The Morgan fingerprint density at radius 3 is 2.38 bits per heavy atom. The van der Waals surface area contributed by atoms with E-state index >= 15 is 0 Å². The Morgan fingerprint density at radius 1 is 1.31 bits per heavy atom. The summed E-state index contributed by atoms with van der Waals surface area (Å²) in [5.74, 6) is 0.0335. The number of carbonyl (C=O) groups excluding carboxylic acids is 1. The monoisotopic (exact) mass is 218 g/mol. The molecule has 0 bridgehead atoms. The number of aryl methyl sites for hydroxylation is 2. The van der Waals surface area contributed by atoms with Crippen LogP contribution in [0.25, 0.3) is 5.57 Å². The molecule has 0 saturated heterocycles. The molecule has 1 rings (SSSR count). The number of hydrogen-bond acceptors (Lipinski definition) is 3. The zero-order chi connectivity index (χ0) is 12.3. The summed E-state index contributed by atoms with van der Waals surface area (Å²) in [6.07, 6.45) is 1.81. The standard InChI is InChI=1S/C13H18N2O/c1-9-6-10(2)14-13(7-9)12(11(3)16)8-15(4)5/h6-8H,1-5H3/b12-8+. The highest BCUT2D eigenvalue weighted by Gasteiger charge is 2.10. The largest absolute Gasteiger partial charge is 0.383 e. The molecule has 0 N–H and O–H groups in total. The van der Waals surface area contributed by atoms with Gasteiger partial charge in [0.2, 0.25) is 0 Å². The van der Waals surface area contributed by atoms with Crippen molar-refractivity contribution < 1.29 is 4.79 Å². The SMILES string of the molecule is CC(=O)/C(=C\N(C)C)c1cc(C)cc(C)n1. The quantitative estimate of drug-likeness (QED) is 0.729. The summed E-state index contributed by atoms with van der Waals surface area (Å²) in [6.45, 7) is 5.50. The predicted octanol–water partition coefficient (Wildman–Crippen LogP) is 2.19. The van der Waals surface area contributed by atoms with Crippen molar-refractivity contribution in [1.29, 1.82) is 0 Å². The van der Waals surface area contributed by atoms with E-state index in [1.807, 2.05) is 51.2 Å². The summed E-state index contributed by atoms with van der Waals surface area (Å²) in [5, 5.41) is 0. The van der Waals surface area contributed by atoms with Gasteiger partial charge in [0.1, 0.15) is 0 Å². The van der Waals surface area contributed by atoms with Gasteiger partial charge in [-0.2, -0.15) is 0 Å². The normalized spacial score (nSPS) is 11.4. The molecule has 1 heterocycles. The minimum absolute atomic E-state index is 0.0335. The van der Waals surface area contributed by atoms with Gasteiger partial charge >= 0.3 is 0 Å². The fourth-order valence-corrected chi connectivity index (χ4v) is 1.57. The van der Waals surface area contributed by atoms with Crippen LogP contribution in [0.3, 0.4) is 0 Å². The van der Waals surface area contributed by atoms with Crippen molar-refractivity contribution in [3.05, 3.63) is 35.3 Å². The van der Waals surface area contributed by atoms with Gasteiger partial charge in [0.05, 0.1) is 11.3 Å². The van der Waals surface area contributed by atoms with Crippen molar-refractivity contribution in [2.45, 2.75) is 20.8 Å². The van der Waals surface area contributed by atoms with E-state index in [0.29, 0.717) is 5.57 Å². The highest BCUT2D eigenvalue weighted by Crippen LogP contribution is 2.16. The molecular formula is C13H18N2O. The second-order valence-corrected chi connectivity index (χ2v) is 4.23. The molecule has 0 aliphatic heterocycles. The second kappa shape index (κ2) is 4.92. The third-order valence-electron chi connectivity index (χ3n) is 2.14. The van der Waals surface area contributed by atoms with E-state index in [4.69, 9.17) is 0 Å². The van der Waals surface area contributed by atoms with E-state index in [1.165, 1.54) is 0 Å². The lowest BCUT2D eigenvalue weighted by atomic mass is 10.1. The van der Waals surface area contributed by atoms with Crippen LogP contribution in [-0.2, 0) is 4.79 Å². The summed E-state index contributed by atoms with van der Waals surface area (Å²) in [6, 6.07) is 3.93. The van der Waals surface area contributed by atoms with Crippen LogP contribution in [-0.4, -0.2) is 29.8 Å². The van der Waals surface area contributed by atoms with Crippen LogP contribution < -0.4 is 0 Å². The van der Waals surface area contributed by atoms with Gasteiger partial charge in [-0.1, -0.05) is 0 Å². The maximum atomic E-state index is 11.6. The highest BCUT2D eigenvalue weighted by molar-refractivity contribution is 6.18. The summed E-state index contributed by atoms with van der Waals surface area (Å²) in [7, 11) is 3.79. The van der Waals surface area contributed by atoms with Gasteiger partial charge in [0, 0.05) is 26.0 Å². The van der Waals surface area contributed by atoms with Crippen LogP contribution in [0, 0.1) is 13.8 Å². The number of rotatable bonds is 3. The predicted molar refractivity (Wildman–Crippen MR) is 66.1 cm³/mol. The molecule has 0 saturated carbocycles. The van der Waals surface area contributed by atoms with E-state index in [-0.39, 0.29) is 5.78 Å². The number of aromatic nitrogens is 1. The van der Waals surface area contributed by atoms with E-state index in [2.05, 4.69) is 4.98 Å². The smallest absolute Gasteiger partial charge is 0.163 e. The molecule has 0 unspecified atom stereocenters. The maximum Gasteiger partial charge on any atom is 0.163 e. The van der Waals surface area contributed by atoms with Crippen LogP contribution in [0.15, 0.2) is 18.3 Å². The van der Waals surface area contributed by atoms with E-state index in [1.54, 1.807) is 6.92 Å². The van der Waals surface area contributed by atoms with Crippen LogP contribution in [0.4, 0.5) is 0 Å². The highest BCUT2D eigenvalue weighted by atomic mass is 16.1. The molecule has 86 valence electrons. The van der Waals surface area contributed by atoms with Crippen LogP contribution in [0.5, 0.6) is 0 Å². The van der Waals surface area contributed by atoms with Gasteiger partial charge in [-0.15, -0.1) is 0 Å². The summed E-state index contributed by atoms with van der Waals surface area (Å²) in [4.78, 5) is 17.8. The Bertz CT molecular complexity index is 413. The molecule has 3 heteroatoms. The van der Waals surface area contributed by atoms with E-state index < -0.39 is 0 Å². The third-order valence-corrected chi connectivity index (χ3v) is 2.14. The number of pyridine rings is 1. The fourth-order valence-electron chi connectivity index (χ4n) is 1.57. The second-order valence-electron chi connectivity index (χ2n) is 4.23. The van der Waals surface area contributed by atoms with Gasteiger partial charge < -0.3 is 4.90 Å². The van der Waals surface area contributed by atoms with Gasteiger partial charge in [-0.05, 0) is 38.5 Å². The molecule has 0 aliphatic rings. The molecule has 0 aliphatic carbocycles. The Morgan fingerprint density at radius 2 is 1.94 bits per heavy atom. The average Bonchev–Trinajstić information content (AvgIpc) is 2.11. The molecule has 0 radical (unpaired) electrons. The topological polar surface area (TPSA) is 33.2 Å². The maximum absolute atomic E-state index is 11.6. The number of hydrogen-bond donors (Lipinski definition) is 0. The van der Waals surface area contributed by atoms with Crippen LogP contribution in [0.1, 0.15) is 23.9 Å². The number of allylic oxidation sites excluding steroid dienone is 1. The van der Waals surface area contributed by atoms with Crippen molar-refractivity contribution in [1.82, 2.24) is 9.88 Å². The molecule has 0 spiro atoms. The first-order valence-electron chi connectivity index (χ1n) is 5.25. The van der Waals surface area contributed by atoms with Gasteiger partial charge in [0.25, 0.3) is 0 Å². The zero-order valence-corrected chi connectivity index (χ0v) is 10.5. The minimum Gasteiger partial charge on any atom is -0.383 e. The van der Waals surface area contributed by atoms with Gasteiger partial charge in [-0.3, -0.25) is 9.78 Å². The molecule has 0 aromatic carbocycles. The third kappa shape index (κ3) is 3.19. The first-order chi connectivity index (χ1) is 7.40. The van der Waals surface area contributed by atoms with Crippen molar-refractivity contribution >= 4 is 11.4 Å². The minimum atomic E-state index is 0.0335. The Hall–Kier alpha value is -1.64. The average molecular weight is 218 g/mol. The van der Waals surface area contributed by atoms with Crippen molar-refractivity contribution in [3.8, 4) is 0 Å². The first-order valence-corrected chi connectivity index (χ1v) is 5.25. The first kappa shape index (κ1) is 12.4. The van der Waals surface area contributed by atoms with Gasteiger partial charge in [-0.25, -0.2) is 0 Å². The van der Waals surface area contributed by atoms with Crippen LogP contribution in [0.2, 0.25) is 0 Å². The molecule has 1 aromatic heterocycles. The summed E-state index contributed by atoms with van der Waals surface area (Å²) < 4.78 is 0. The molecule has 0 atom stereocenters.